The van der Waals surface area contributed by atoms with E-state index in [0.29, 0.717) is 47.0 Å². The molecule has 0 N–H and O–H groups in total. The number of thioether (sulfide) groups is 1. The smallest absolute Gasteiger partial charge is 0.286 e. The molecule has 0 bridgehead atoms. The number of aliphatic imine (C=N–C) groups is 1. The van der Waals surface area contributed by atoms with Gasteiger partial charge in [0, 0.05) is 43.5 Å². The van der Waals surface area contributed by atoms with Crippen LogP contribution in [0.3, 0.4) is 0 Å². The van der Waals surface area contributed by atoms with E-state index in [4.69, 9.17) is 5.10 Å². The zero-order valence-electron chi connectivity index (χ0n) is 24.3. The summed E-state index contributed by atoms with van der Waals surface area (Å²) in [5.41, 5.74) is 2.88. The van der Waals surface area contributed by atoms with Gasteiger partial charge in [0.1, 0.15) is 5.69 Å². The van der Waals surface area contributed by atoms with Crippen LogP contribution in [-0.2, 0) is 14.8 Å². The fourth-order valence-electron chi connectivity index (χ4n) is 6.22. The second-order valence-electron chi connectivity index (χ2n) is 12.0. The molecule has 2 fully saturated rings. The van der Waals surface area contributed by atoms with Crippen molar-refractivity contribution in [2.45, 2.75) is 44.9 Å². The lowest BCUT2D eigenvalue weighted by Crippen LogP contribution is -2.42. The maximum absolute atomic E-state index is 13.7. The lowest BCUT2D eigenvalue weighted by atomic mass is 9.94. The first kappa shape index (κ1) is 28.9. The highest BCUT2D eigenvalue weighted by Gasteiger charge is 2.32. The molecule has 3 unspecified atom stereocenters. The predicted molar refractivity (Wildman–Crippen MR) is 169 cm³/mol. The molecule has 3 aliphatic heterocycles. The number of piperidine rings is 2. The summed E-state index contributed by atoms with van der Waals surface area (Å²) in [7, 11) is -3.67. The van der Waals surface area contributed by atoms with E-state index < -0.39 is 10.0 Å². The van der Waals surface area contributed by atoms with Gasteiger partial charge in [-0.3, -0.25) is 4.79 Å². The van der Waals surface area contributed by atoms with Gasteiger partial charge in [0.05, 0.1) is 15.5 Å². The first-order valence-electron chi connectivity index (χ1n) is 14.7. The van der Waals surface area contributed by atoms with Crippen molar-refractivity contribution in [3.63, 3.8) is 0 Å². The van der Waals surface area contributed by atoms with Gasteiger partial charge in [-0.05, 0) is 79.1 Å². The summed E-state index contributed by atoms with van der Waals surface area (Å²) in [6.45, 7) is 9.30. The Morgan fingerprint density at radius 1 is 0.952 bits per heavy atom. The Labute approximate surface area is 252 Å². The SMILES string of the molecule is CC1CCCN(C2=NC(=O)C(=Cc3cn(-c4ccccc4)nc3-c3cccc(S(=O)(=O)N4CC(C)CC(C)C4)c3)S2)C1. The van der Waals surface area contributed by atoms with Gasteiger partial charge in [-0.2, -0.15) is 14.4 Å². The van der Waals surface area contributed by atoms with E-state index in [1.165, 1.54) is 18.2 Å². The van der Waals surface area contributed by atoms with Gasteiger partial charge in [-0.1, -0.05) is 51.1 Å². The molecule has 0 aliphatic carbocycles. The summed E-state index contributed by atoms with van der Waals surface area (Å²) in [4.78, 5) is 20.4. The highest BCUT2D eigenvalue weighted by Crippen LogP contribution is 2.35. The molecule has 0 radical (unpaired) electrons. The summed E-state index contributed by atoms with van der Waals surface area (Å²) < 4.78 is 30.8. The predicted octanol–water partition coefficient (Wildman–Crippen LogP) is 5.91. The lowest BCUT2D eigenvalue weighted by Gasteiger charge is -2.34. The average Bonchev–Trinajstić information content (AvgIpc) is 3.57. The molecule has 3 aliphatic rings. The number of para-hydroxylation sites is 1. The molecule has 1 aromatic heterocycles. The molecule has 4 heterocycles. The van der Waals surface area contributed by atoms with Crippen molar-refractivity contribution in [3.05, 3.63) is 71.3 Å². The van der Waals surface area contributed by atoms with E-state index in [1.807, 2.05) is 48.7 Å². The van der Waals surface area contributed by atoms with Crippen molar-refractivity contribution in [2.24, 2.45) is 22.7 Å². The van der Waals surface area contributed by atoms with Gasteiger partial charge in [0.25, 0.3) is 5.91 Å². The van der Waals surface area contributed by atoms with Gasteiger partial charge in [0.15, 0.2) is 5.17 Å². The van der Waals surface area contributed by atoms with Gasteiger partial charge in [0.2, 0.25) is 10.0 Å². The Hall–Kier alpha value is -3.21. The third kappa shape index (κ3) is 5.98. The number of likely N-dealkylation sites (tertiary alicyclic amines) is 1. The zero-order chi connectivity index (χ0) is 29.4. The van der Waals surface area contributed by atoms with Gasteiger partial charge in [-0.15, -0.1) is 0 Å². The summed E-state index contributed by atoms with van der Waals surface area (Å²) in [6, 6.07) is 16.8. The molecule has 42 heavy (non-hydrogen) atoms. The average molecular weight is 604 g/mol. The van der Waals surface area contributed by atoms with Crippen LogP contribution in [0, 0.1) is 17.8 Å². The molecular weight excluding hydrogens is 567 g/mol. The van der Waals surface area contributed by atoms with Crippen LogP contribution in [0.25, 0.3) is 23.0 Å². The standard InChI is InChI=1S/C32H37N5O3S2/c1-22-9-8-14-35(18-22)32-33-31(38)29(41-32)17-26-21-37(27-11-5-4-6-12-27)34-30(26)25-10-7-13-28(16-25)42(39,40)36-19-23(2)15-24(3)20-36/h4-7,10-13,16-17,21-24H,8-9,14-15,18-20H2,1-3H3. The topological polar surface area (TPSA) is 87.9 Å². The van der Waals surface area contributed by atoms with Crippen LogP contribution in [0.1, 0.15) is 45.6 Å². The maximum Gasteiger partial charge on any atom is 0.286 e. The van der Waals surface area contributed by atoms with Crippen molar-refractivity contribution in [2.75, 3.05) is 26.2 Å². The molecule has 220 valence electrons. The zero-order valence-corrected chi connectivity index (χ0v) is 25.9. The summed E-state index contributed by atoms with van der Waals surface area (Å²) >= 11 is 1.41. The van der Waals surface area contributed by atoms with E-state index in [1.54, 1.807) is 27.2 Å². The van der Waals surface area contributed by atoms with E-state index >= 15 is 0 Å². The van der Waals surface area contributed by atoms with Crippen LogP contribution in [-0.4, -0.2) is 64.7 Å². The Balaban J connectivity index is 1.36. The Morgan fingerprint density at radius 3 is 2.45 bits per heavy atom. The molecule has 8 nitrogen and oxygen atoms in total. The number of hydrogen-bond donors (Lipinski definition) is 0. The highest BCUT2D eigenvalue weighted by atomic mass is 32.2. The van der Waals surface area contributed by atoms with Gasteiger partial charge in [-0.25, -0.2) is 13.1 Å². The number of aromatic nitrogens is 2. The molecular formula is C32H37N5O3S2. The fourth-order valence-corrected chi connectivity index (χ4v) is 8.89. The number of nitrogens with zero attached hydrogens (tertiary/aromatic N) is 5. The Morgan fingerprint density at radius 2 is 1.71 bits per heavy atom. The number of hydrogen-bond acceptors (Lipinski definition) is 6. The van der Waals surface area contributed by atoms with Crippen LogP contribution in [0.5, 0.6) is 0 Å². The van der Waals surface area contributed by atoms with E-state index in [0.717, 1.165) is 42.3 Å². The number of carbonyl (C=O) groups is 1. The summed E-state index contributed by atoms with van der Waals surface area (Å²) in [5.74, 6) is 0.943. The number of carbonyl (C=O) groups excluding carboxylic acids is 1. The summed E-state index contributed by atoms with van der Waals surface area (Å²) in [6.07, 6.45) is 7.05. The van der Waals surface area contributed by atoms with E-state index in [2.05, 4.69) is 30.7 Å². The number of benzene rings is 2. The van der Waals surface area contributed by atoms with Crippen molar-refractivity contribution in [1.82, 2.24) is 19.0 Å². The summed E-state index contributed by atoms with van der Waals surface area (Å²) in [5, 5.41) is 5.65. The number of amidine groups is 1. The minimum absolute atomic E-state index is 0.253. The molecule has 0 saturated carbocycles. The maximum atomic E-state index is 13.7. The first-order chi connectivity index (χ1) is 20.2. The monoisotopic (exact) mass is 603 g/mol. The van der Waals surface area contributed by atoms with Crippen molar-refractivity contribution < 1.29 is 13.2 Å². The second-order valence-corrected chi connectivity index (χ2v) is 15.0. The third-order valence-corrected chi connectivity index (χ3v) is 11.0. The molecule has 3 aromatic rings. The van der Waals surface area contributed by atoms with Crippen molar-refractivity contribution >= 4 is 38.9 Å². The number of rotatable bonds is 5. The van der Waals surface area contributed by atoms with Gasteiger partial charge < -0.3 is 4.90 Å². The van der Waals surface area contributed by atoms with Crippen LogP contribution in [0.15, 0.2) is 75.6 Å². The largest absolute Gasteiger partial charge is 0.351 e. The molecule has 1 amide bonds. The molecule has 0 spiro atoms. The fraction of sp³-hybridized carbons (Fsp3) is 0.406. The number of amides is 1. The quantitative estimate of drug-likeness (QED) is 0.337. The highest BCUT2D eigenvalue weighted by molar-refractivity contribution is 8.18. The van der Waals surface area contributed by atoms with Crippen LogP contribution < -0.4 is 0 Å². The van der Waals surface area contributed by atoms with Crippen LogP contribution in [0.4, 0.5) is 0 Å². The third-order valence-electron chi connectivity index (χ3n) is 8.17. The van der Waals surface area contributed by atoms with E-state index in [9.17, 15) is 13.2 Å². The molecule has 2 aromatic carbocycles. The van der Waals surface area contributed by atoms with Crippen LogP contribution in [0.2, 0.25) is 0 Å². The Kier molecular flexibility index (Phi) is 8.13. The van der Waals surface area contributed by atoms with Crippen LogP contribution >= 0.6 is 11.8 Å². The molecule has 6 rings (SSSR count). The second kappa shape index (κ2) is 11.8. The van der Waals surface area contributed by atoms with Crippen molar-refractivity contribution in [1.29, 1.82) is 0 Å². The first-order valence-corrected chi connectivity index (χ1v) is 17.0. The van der Waals surface area contributed by atoms with E-state index in [-0.39, 0.29) is 10.8 Å². The lowest BCUT2D eigenvalue weighted by molar-refractivity contribution is -0.113. The van der Waals surface area contributed by atoms with Crippen molar-refractivity contribution in [3.8, 4) is 16.9 Å². The molecule has 2 saturated heterocycles. The van der Waals surface area contributed by atoms with Gasteiger partial charge >= 0.3 is 0 Å². The minimum atomic E-state index is -3.67. The normalized spacial score (nSPS) is 24.8. The minimum Gasteiger partial charge on any atom is -0.351 e. The Bertz CT molecular complexity index is 1640. The number of sulfonamides is 1. The molecule has 10 heteroatoms. The molecule has 3 atom stereocenters.